The predicted molar refractivity (Wildman–Crippen MR) is 40.9 cm³/mol. The van der Waals surface area contributed by atoms with Gasteiger partial charge in [0, 0.05) is 26.2 Å². The van der Waals surface area contributed by atoms with Crippen LogP contribution < -0.4 is 0 Å². The fourth-order valence-corrected chi connectivity index (χ4v) is 0.385. The van der Waals surface area contributed by atoms with Gasteiger partial charge in [-0.05, 0) is 0 Å². The molecule has 0 atom stereocenters. The van der Waals surface area contributed by atoms with Gasteiger partial charge in [-0.1, -0.05) is 36.4 Å². The second kappa shape index (κ2) is 11.5. The van der Waals surface area contributed by atoms with E-state index in [1.807, 2.05) is 36.4 Å². The van der Waals surface area contributed by atoms with E-state index in [9.17, 15) is 0 Å². The summed E-state index contributed by atoms with van der Waals surface area (Å²) in [5.41, 5.74) is 0. The first-order chi connectivity index (χ1) is 3.00. The van der Waals surface area contributed by atoms with Gasteiger partial charge in [0.15, 0.2) is 0 Å². The van der Waals surface area contributed by atoms with Crippen LogP contribution in [0.25, 0.3) is 0 Å². The molecule has 0 spiro atoms. The molecular formula is C6H8Cl2Zr. The zero-order valence-corrected chi connectivity index (χ0v) is 8.87. The minimum atomic E-state index is 0. The zero-order chi connectivity index (χ0) is 4.24. The normalized spacial score (nSPS) is 5.33. The summed E-state index contributed by atoms with van der Waals surface area (Å²) < 4.78 is 0. The van der Waals surface area contributed by atoms with Gasteiger partial charge in [0.05, 0.1) is 0 Å². The van der Waals surface area contributed by atoms with Crippen LogP contribution in [-0.4, -0.2) is 0 Å². The Morgan fingerprint density at radius 2 is 0.556 bits per heavy atom. The van der Waals surface area contributed by atoms with Crippen molar-refractivity contribution in [2.24, 2.45) is 0 Å². The van der Waals surface area contributed by atoms with Crippen LogP contribution >= 0.6 is 24.8 Å². The first-order valence-electron chi connectivity index (χ1n) is 2.00. The summed E-state index contributed by atoms with van der Waals surface area (Å²) in [4.78, 5) is 0. The molecule has 0 radical (unpaired) electrons. The van der Waals surface area contributed by atoms with E-state index in [0.29, 0.717) is 0 Å². The van der Waals surface area contributed by atoms with Crippen molar-refractivity contribution in [3.05, 3.63) is 36.4 Å². The van der Waals surface area contributed by atoms with Crippen LogP contribution in [0.5, 0.6) is 0 Å². The van der Waals surface area contributed by atoms with Gasteiger partial charge in [0.1, 0.15) is 0 Å². The SMILES string of the molecule is Cl.Cl.[Zr].c1ccccc1. The Kier molecular flexibility index (Phi) is 20.8. The predicted octanol–water partition coefficient (Wildman–Crippen LogP) is 2.53. The number of rotatable bonds is 0. The van der Waals surface area contributed by atoms with E-state index >= 15 is 0 Å². The fraction of sp³-hybridized carbons (Fsp3) is 0. The van der Waals surface area contributed by atoms with E-state index in [-0.39, 0.29) is 51.0 Å². The van der Waals surface area contributed by atoms with Crippen LogP contribution in [0.3, 0.4) is 0 Å². The quantitative estimate of drug-likeness (QED) is 0.656. The Bertz CT molecular complexity index is 83.0. The largest absolute Gasteiger partial charge is 0.147 e. The van der Waals surface area contributed by atoms with E-state index in [1.54, 1.807) is 0 Å². The van der Waals surface area contributed by atoms with Gasteiger partial charge < -0.3 is 0 Å². The van der Waals surface area contributed by atoms with Crippen LogP contribution in [0.2, 0.25) is 0 Å². The molecule has 0 N–H and O–H groups in total. The molecule has 1 aromatic rings. The van der Waals surface area contributed by atoms with Crippen LogP contribution in [0.15, 0.2) is 36.4 Å². The van der Waals surface area contributed by atoms with E-state index in [0.717, 1.165) is 0 Å². The molecule has 0 aliphatic heterocycles. The molecule has 0 fully saturated rings. The van der Waals surface area contributed by atoms with Gasteiger partial charge in [-0.15, -0.1) is 24.8 Å². The maximum atomic E-state index is 2.00. The average Bonchev–Trinajstić information content (AvgIpc) is 1.72. The summed E-state index contributed by atoms with van der Waals surface area (Å²) in [5.74, 6) is 0. The molecule has 0 aromatic heterocycles. The molecule has 0 aliphatic rings. The third-order valence-electron chi connectivity index (χ3n) is 0.667. The van der Waals surface area contributed by atoms with Crippen LogP contribution in [-0.2, 0) is 26.2 Å². The van der Waals surface area contributed by atoms with Gasteiger partial charge in [-0.25, -0.2) is 0 Å². The molecule has 0 heterocycles. The molecule has 50 valence electrons. The van der Waals surface area contributed by atoms with Crippen LogP contribution in [0.1, 0.15) is 0 Å². The van der Waals surface area contributed by atoms with Crippen molar-refractivity contribution >= 4 is 24.8 Å². The van der Waals surface area contributed by atoms with Crippen molar-refractivity contribution in [1.29, 1.82) is 0 Å². The molecular weight excluding hydrogens is 234 g/mol. The van der Waals surface area contributed by atoms with Gasteiger partial charge in [0.2, 0.25) is 0 Å². The van der Waals surface area contributed by atoms with E-state index in [1.165, 1.54) is 0 Å². The second-order valence-electron chi connectivity index (χ2n) is 1.15. The van der Waals surface area contributed by atoms with Crippen molar-refractivity contribution < 1.29 is 26.2 Å². The minimum Gasteiger partial charge on any atom is -0.147 e. The topological polar surface area (TPSA) is 0 Å². The summed E-state index contributed by atoms with van der Waals surface area (Å²) in [6, 6.07) is 12.0. The minimum absolute atomic E-state index is 0. The first kappa shape index (κ1) is 16.3. The first-order valence-corrected chi connectivity index (χ1v) is 2.00. The number of hydrogen-bond acceptors (Lipinski definition) is 0. The fourth-order valence-electron chi connectivity index (χ4n) is 0.385. The Balaban J connectivity index is -0.000000120. The van der Waals surface area contributed by atoms with E-state index in [4.69, 9.17) is 0 Å². The van der Waals surface area contributed by atoms with Crippen LogP contribution in [0.4, 0.5) is 0 Å². The van der Waals surface area contributed by atoms with Crippen molar-refractivity contribution in [2.75, 3.05) is 0 Å². The molecule has 0 aliphatic carbocycles. The summed E-state index contributed by atoms with van der Waals surface area (Å²) in [7, 11) is 0. The van der Waals surface area contributed by atoms with Gasteiger partial charge in [-0.3, -0.25) is 0 Å². The molecule has 0 saturated carbocycles. The number of benzene rings is 1. The zero-order valence-electron chi connectivity index (χ0n) is 4.78. The number of halogens is 2. The van der Waals surface area contributed by atoms with Crippen molar-refractivity contribution in [1.82, 2.24) is 0 Å². The summed E-state index contributed by atoms with van der Waals surface area (Å²) in [6.45, 7) is 0. The summed E-state index contributed by atoms with van der Waals surface area (Å²) in [5, 5.41) is 0. The maximum absolute atomic E-state index is 2.00. The van der Waals surface area contributed by atoms with Crippen molar-refractivity contribution in [3.63, 3.8) is 0 Å². The van der Waals surface area contributed by atoms with Crippen molar-refractivity contribution in [3.8, 4) is 0 Å². The monoisotopic (exact) mass is 240 g/mol. The van der Waals surface area contributed by atoms with Gasteiger partial charge in [0.25, 0.3) is 0 Å². The second-order valence-corrected chi connectivity index (χ2v) is 1.15. The number of hydrogen-bond donors (Lipinski definition) is 0. The third kappa shape index (κ3) is 8.68. The van der Waals surface area contributed by atoms with Crippen LogP contribution in [0, 0.1) is 0 Å². The summed E-state index contributed by atoms with van der Waals surface area (Å²) >= 11 is 0. The van der Waals surface area contributed by atoms with Gasteiger partial charge >= 0.3 is 0 Å². The standard InChI is InChI=1S/C6H6.2ClH.Zr/c1-2-4-6-5-3-1;;;/h1-6H;2*1H;. The molecule has 0 bridgehead atoms. The molecule has 1 rings (SSSR count). The Morgan fingerprint density at radius 3 is 0.667 bits per heavy atom. The summed E-state index contributed by atoms with van der Waals surface area (Å²) in [6.07, 6.45) is 0. The molecule has 0 amide bonds. The molecule has 9 heavy (non-hydrogen) atoms. The molecule has 0 nitrogen and oxygen atoms in total. The smallest absolute Gasteiger partial charge is 0 e. The van der Waals surface area contributed by atoms with E-state index < -0.39 is 0 Å². The average molecular weight is 242 g/mol. The Labute approximate surface area is 87.0 Å². The van der Waals surface area contributed by atoms with Gasteiger partial charge in [-0.2, -0.15) is 0 Å². The Morgan fingerprint density at radius 1 is 0.444 bits per heavy atom. The molecule has 0 saturated heterocycles. The molecule has 0 unspecified atom stereocenters. The Hall–Kier alpha value is 0.683. The molecule has 3 heteroatoms. The molecule has 1 aromatic carbocycles. The van der Waals surface area contributed by atoms with Crippen molar-refractivity contribution in [2.45, 2.75) is 0 Å². The van der Waals surface area contributed by atoms with E-state index in [2.05, 4.69) is 0 Å². The maximum Gasteiger partial charge on any atom is 0 e. The third-order valence-corrected chi connectivity index (χ3v) is 0.667.